The fraction of sp³-hybridized carbons (Fsp3) is 0.278. The lowest BCUT2D eigenvalue weighted by atomic mass is 10.1. The van der Waals surface area contributed by atoms with Crippen molar-refractivity contribution in [2.45, 2.75) is 32.6 Å². The van der Waals surface area contributed by atoms with Gasteiger partial charge in [-0.25, -0.2) is 9.07 Å². The average molecular weight is 397 g/mol. The highest BCUT2D eigenvalue weighted by molar-refractivity contribution is 5.97. The normalized spacial score (nSPS) is 11.9. The highest BCUT2D eigenvalue weighted by Crippen LogP contribution is 2.34. The number of fused-ring (bicyclic) bond motifs is 1. The Labute approximate surface area is 155 Å². The minimum Gasteiger partial charge on any atom is -0.480 e. The van der Waals surface area contributed by atoms with Crippen LogP contribution < -0.4 is 5.56 Å². The Kier molecular flexibility index (Phi) is 4.97. The standard InChI is InChI=1S/C18H15F4N3O3/c1-10-17(12-8-11(19)2-4-14(12)24(10)9-16(27)28)13-3-5-15(26)25(23-13)7-6-18(20,21)22/h2-5,8H,6-7,9H2,1H3,(H,27,28). The van der Waals surface area contributed by atoms with Crippen LogP contribution in [0.1, 0.15) is 12.1 Å². The summed E-state index contributed by atoms with van der Waals surface area (Å²) in [6, 6.07) is 6.20. The number of hydrogen-bond acceptors (Lipinski definition) is 3. The SMILES string of the molecule is Cc1c(-c2ccc(=O)n(CCC(F)(F)F)n2)c2cc(F)ccc2n1CC(=O)O. The largest absolute Gasteiger partial charge is 0.480 e. The number of carbonyl (C=O) groups is 1. The molecule has 0 atom stereocenters. The van der Waals surface area contributed by atoms with Crippen molar-refractivity contribution in [2.75, 3.05) is 0 Å². The Morgan fingerprint density at radius 3 is 2.57 bits per heavy atom. The molecule has 2 aromatic heterocycles. The molecule has 0 aliphatic rings. The second-order valence-electron chi connectivity index (χ2n) is 6.25. The van der Waals surface area contributed by atoms with Gasteiger partial charge in [-0.2, -0.15) is 18.3 Å². The third kappa shape index (κ3) is 3.90. The third-order valence-corrected chi connectivity index (χ3v) is 4.31. The van der Waals surface area contributed by atoms with E-state index in [1.165, 1.54) is 28.8 Å². The first-order valence-electron chi connectivity index (χ1n) is 8.22. The van der Waals surface area contributed by atoms with Crippen LogP contribution in [0.15, 0.2) is 35.1 Å². The van der Waals surface area contributed by atoms with Crippen molar-refractivity contribution >= 4 is 16.9 Å². The molecule has 2 heterocycles. The molecule has 0 spiro atoms. The first-order valence-corrected chi connectivity index (χ1v) is 8.22. The zero-order chi connectivity index (χ0) is 20.6. The Balaban J connectivity index is 2.18. The molecule has 6 nitrogen and oxygen atoms in total. The number of nitrogens with zero attached hydrogens (tertiary/aromatic N) is 3. The van der Waals surface area contributed by atoms with Gasteiger partial charge in [0.1, 0.15) is 12.4 Å². The fourth-order valence-corrected chi connectivity index (χ4v) is 3.09. The van der Waals surface area contributed by atoms with Gasteiger partial charge in [-0.3, -0.25) is 9.59 Å². The topological polar surface area (TPSA) is 77.1 Å². The number of aliphatic carboxylic acids is 1. The molecule has 0 fully saturated rings. The first kappa shape index (κ1) is 19.6. The number of hydrogen-bond donors (Lipinski definition) is 1. The Hall–Kier alpha value is -3.17. The van der Waals surface area contributed by atoms with Crippen molar-refractivity contribution in [1.29, 1.82) is 0 Å². The number of halogens is 4. The number of carboxylic acid groups (broad SMARTS) is 1. The van der Waals surface area contributed by atoms with Crippen molar-refractivity contribution in [2.24, 2.45) is 0 Å². The summed E-state index contributed by atoms with van der Waals surface area (Å²) in [7, 11) is 0. The molecule has 1 aromatic carbocycles. The summed E-state index contributed by atoms with van der Waals surface area (Å²) in [5.41, 5.74) is 0.685. The van der Waals surface area contributed by atoms with E-state index in [1.54, 1.807) is 6.92 Å². The second-order valence-corrected chi connectivity index (χ2v) is 6.25. The van der Waals surface area contributed by atoms with Crippen LogP contribution in [0.3, 0.4) is 0 Å². The summed E-state index contributed by atoms with van der Waals surface area (Å²) in [4.78, 5) is 23.1. The summed E-state index contributed by atoms with van der Waals surface area (Å²) in [6.45, 7) is 0.558. The minimum absolute atomic E-state index is 0.152. The monoisotopic (exact) mass is 397 g/mol. The van der Waals surface area contributed by atoms with E-state index in [2.05, 4.69) is 5.10 Å². The van der Waals surface area contributed by atoms with E-state index < -0.39 is 36.5 Å². The summed E-state index contributed by atoms with van der Waals surface area (Å²) >= 11 is 0. The molecule has 0 aliphatic carbocycles. The summed E-state index contributed by atoms with van der Waals surface area (Å²) < 4.78 is 53.4. The minimum atomic E-state index is -4.45. The van der Waals surface area contributed by atoms with E-state index in [4.69, 9.17) is 5.11 Å². The van der Waals surface area contributed by atoms with Gasteiger partial charge >= 0.3 is 12.1 Å². The van der Waals surface area contributed by atoms with E-state index in [1.807, 2.05) is 0 Å². The molecule has 10 heteroatoms. The van der Waals surface area contributed by atoms with E-state index in [9.17, 15) is 27.2 Å². The van der Waals surface area contributed by atoms with Crippen LogP contribution in [0, 0.1) is 12.7 Å². The maximum absolute atomic E-state index is 13.8. The fourth-order valence-electron chi connectivity index (χ4n) is 3.09. The van der Waals surface area contributed by atoms with Crippen LogP contribution in [0.5, 0.6) is 0 Å². The molecule has 0 radical (unpaired) electrons. The van der Waals surface area contributed by atoms with Gasteiger partial charge in [0.25, 0.3) is 5.56 Å². The summed E-state index contributed by atoms with van der Waals surface area (Å²) in [5, 5.41) is 13.5. The zero-order valence-electron chi connectivity index (χ0n) is 14.6. The third-order valence-electron chi connectivity index (χ3n) is 4.31. The van der Waals surface area contributed by atoms with Crippen molar-refractivity contribution in [3.05, 3.63) is 52.2 Å². The summed E-state index contributed by atoms with van der Waals surface area (Å²) in [5.74, 6) is -1.68. The van der Waals surface area contributed by atoms with Gasteiger partial charge in [-0.15, -0.1) is 0 Å². The molecule has 0 saturated heterocycles. The smallest absolute Gasteiger partial charge is 0.390 e. The summed E-state index contributed by atoms with van der Waals surface area (Å²) in [6.07, 6.45) is -5.68. The maximum atomic E-state index is 13.8. The molecule has 0 amide bonds. The molecule has 0 saturated carbocycles. The van der Waals surface area contributed by atoms with Gasteiger partial charge in [-0.05, 0) is 31.2 Å². The highest BCUT2D eigenvalue weighted by atomic mass is 19.4. The Morgan fingerprint density at radius 2 is 1.93 bits per heavy atom. The van der Waals surface area contributed by atoms with Crippen LogP contribution in [0.25, 0.3) is 22.2 Å². The van der Waals surface area contributed by atoms with Crippen LogP contribution in [0.4, 0.5) is 17.6 Å². The molecule has 0 bridgehead atoms. The molecule has 28 heavy (non-hydrogen) atoms. The Morgan fingerprint density at radius 1 is 1.21 bits per heavy atom. The predicted octanol–water partition coefficient (Wildman–Crippen LogP) is 3.35. The highest BCUT2D eigenvalue weighted by Gasteiger charge is 2.27. The molecular formula is C18H15F4N3O3. The number of rotatable bonds is 5. The van der Waals surface area contributed by atoms with Crippen molar-refractivity contribution in [3.63, 3.8) is 0 Å². The molecule has 3 aromatic rings. The molecule has 0 unspecified atom stereocenters. The Bertz CT molecular complexity index is 1120. The molecule has 0 aliphatic heterocycles. The zero-order valence-corrected chi connectivity index (χ0v) is 14.6. The number of benzene rings is 1. The molecule has 148 valence electrons. The number of alkyl halides is 3. The number of aryl methyl sites for hydroxylation is 1. The van der Waals surface area contributed by atoms with E-state index in [-0.39, 0.29) is 12.2 Å². The van der Waals surface area contributed by atoms with Gasteiger partial charge < -0.3 is 9.67 Å². The van der Waals surface area contributed by atoms with Crippen LogP contribution in [0.2, 0.25) is 0 Å². The lowest BCUT2D eigenvalue weighted by molar-refractivity contribution is -0.138. The lowest BCUT2D eigenvalue weighted by Crippen LogP contribution is -2.25. The number of carboxylic acids is 1. The van der Waals surface area contributed by atoms with Gasteiger partial charge in [-0.1, -0.05) is 0 Å². The number of aromatic nitrogens is 3. The average Bonchev–Trinajstić information content (AvgIpc) is 2.84. The van der Waals surface area contributed by atoms with E-state index in [0.29, 0.717) is 26.8 Å². The quantitative estimate of drug-likeness (QED) is 0.670. The van der Waals surface area contributed by atoms with Crippen LogP contribution in [-0.2, 0) is 17.9 Å². The van der Waals surface area contributed by atoms with Crippen molar-refractivity contribution in [1.82, 2.24) is 14.3 Å². The molecular weight excluding hydrogens is 382 g/mol. The second kappa shape index (κ2) is 7.10. The van der Waals surface area contributed by atoms with Gasteiger partial charge in [0, 0.05) is 28.2 Å². The predicted molar refractivity (Wildman–Crippen MR) is 92.4 cm³/mol. The van der Waals surface area contributed by atoms with Crippen molar-refractivity contribution in [3.8, 4) is 11.3 Å². The van der Waals surface area contributed by atoms with Crippen LogP contribution >= 0.6 is 0 Å². The van der Waals surface area contributed by atoms with Crippen molar-refractivity contribution < 1.29 is 27.5 Å². The first-order chi connectivity index (χ1) is 13.1. The maximum Gasteiger partial charge on any atom is 0.390 e. The lowest BCUT2D eigenvalue weighted by Gasteiger charge is -2.10. The van der Waals surface area contributed by atoms with Gasteiger partial charge in [0.15, 0.2) is 0 Å². The van der Waals surface area contributed by atoms with E-state index >= 15 is 0 Å². The molecule has 1 N–H and O–H groups in total. The van der Waals surface area contributed by atoms with Gasteiger partial charge in [0.05, 0.1) is 18.7 Å². The van der Waals surface area contributed by atoms with E-state index in [0.717, 1.165) is 6.07 Å². The van der Waals surface area contributed by atoms with Crippen LogP contribution in [-0.4, -0.2) is 31.6 Å². The molecule has 3 rings (SSSR count). The van der Waals surface area contributed by atoms with Gasteiger partial charge in [0.2, 0.25) is 0 Å².